The number of carbonyl (C=O) groups is 3. The molecule has 0 aromatic carbocycles. The quantitative estimate of drug-likeness (QED) is 0.0401. The van der Waals surface area contributed by atoms with Crippen LogP contribution < -0.4 is 5.32 Å². The number of esters is 1. The Labute approximate surface area is 289 Å². The molecule has 0 fully saturated rings. The average molecular weight is 660 g/mol. The zero-order chi connectivity index (χ0) is 34.5. The van der Waals surface area contributed by atoms with Crippen LogP contribution in [0.4, 0.5) is 0 Å². The van der Waals surface area contributed by atoms with E-state index in [2.05, 4.69) is 55.6 Å². The summed E-state index contributed by atoms with van der Waals surface area (Å²) in [5.41, 5.74) is 0. The number of ether oxygens (including phenoxy) is 1. The second-order valence-electron chi connectivity index (χ2n) is 13.2. The van der Waals surface area contributed by atoms with Gasteiger partial charge in [-0.1, -0.05) is 141 Å². The Bertz CT molecular complexity index is 819. The molecule has 6 heteroatoms. The molecule has 0 aliphatic carbocycles. The highest BCUT2D eigenvalue weighted by Crippen LogP contribution is 2.15. The number of aliphatic carboxylic acids is 1. The molecule has 272 valence electrons. The molecule has 47 heavy (non-hydrogen) atoms. The molecule has 0 aliphatic heterocycles. The number of rotatable bonds is 35. The number of unbranched alkanes of at least 4 members (excludes halogenated alkanes) is 20. The summed E-state index contributed by atoms with van der Waals surface area (Å²) < 4.78 is 5.89. The molecular weight excluding hydrogens is 586 g/mol. The lowest BCUT2D eigenvalue weighted by Crippen LogP contribution is -2.28. The largest absolute Gasteiger partial charge is 0.480 e. The minimum absolute atomic E-state index is 0.0896. The zero-order valence-electron chi connectivity index (χ0n) is 30.6. The standard InChI is InChI=1S/C41H73NO5/c1-3-5-7-9-11-13-14-15-16-17-18-19-20-22-24-26-32-36-41(46)47-38(33-29-25-23-21-12-10-8-6-4-2)34-30-27-28-31-35-39(43)42-37-40(44)45/h11,13,15-16,29,33,38H,3-10,12,14,17-28,30-32,34-37H2,1-2H3,(H,42,43)(H,44,45)/b13-11-,16-15-,33-29-. The maximum atomic E-state index is 12.6. The predicted octanol–water partition coefficient (Wildman–Crippen LogP) is 11.7. The van der Waals surface area contributed by atoms with Crippen molar-refractivity contribution >= 4 is 17.8 Å². The molecule has 0 spiro atoms. The zero-order valence-corrected chi connectivity index (χ0v) is 30.6. The number of amides is 1. The van der Waals surface area contributed by atoms with E-state index < -0.39 is 5.97 Å². The number of carbonyl (C=O) groups excluding carboxylic acids is 2. The van der Waals surface area contributed by atoms with Gasteiger partial charge in [0, 0.05) is 12.8 Å². The monoisotopic (exact) mass is 660 g/mol. The predicted molar refractivity (Wildman–Crippen MR) is 199 cm³/mol. The Kier molecular flexibility index (Phi) is 34.6. The van der Waals surface area contributed by atoms with Crippen LogP contribution in [0, 0.1) is 0 Å². The van der Waals surface area contributed by atoms with Gasteiger partial charge in [-0.3, -0.25) is 14.4 Å². The van der Waals surface area contributed by atoms with E-state index in [1.165, 1.54) is 109 Å². The topological polar surface area (TPSA) is 92.7 Å². The summed E-state index contributed by atoms with van der Waals surface area (Å²) in [7, 11) is 0. The Hall–Kier alpha value is -2.37. The van der Waals surface area contributed by atoms with Gasteiger partial charge in [0.1, 0.15) is 12.6 Å². The lowest BCUT2D eigenvalue weighted by Gasteiger charge is -2.15. The van der Waals surface area contributed by atoms with Gasteiger partial charge in [0.2, 0.25) is 5.91 Å². The normalized spacial score (nSPS) is 12.4. The third-order valence-electron chi connectivity index (χ3n) is 8.52. The van der Waals surface area contributed by atoms with E-state index in [-0.39, 0.29) is 24.5 Å². The molecule has 0 aliphatic rings. The summed E-state index contributed by atoms with van der Waals surface area (Å²) >= 11 is 0. The van der Waals surface area contributed by atoms with Crippen LogP contribution in [0.2, 0.25) is 0 Å². The second kappa shape index (κ2) is 36.5. The molecule has 0 aromatic heterocycles. The lowest BCUT2D eigenvalue weighted by molar-refractivity contribution is -0.147. The maximum Gasteiger partial charge on any atom is 0.322 e. The summed E-state index contributed by atoms with van der Waals surface area (Å²) in [6.45, 7) is 4.17. The molecule has 6 nitrogen and oxygen atoms in total. The van der Waals surface area contributed by atoms with E-state index in [1.807, 2.05) is 0 Å². The molecule has 1 amide bonds. The van der Waals surface area contributed by atoms with Gasteiger partial charge >= 0.3 is 11.9 Å². The molecule has 0 saturated carbocycles. The Morgan fingerprint density at radius 2 is 1.04 bits per heavy atom. The summed E-state index contributed by atoms with van der Waals surface area (Å²) in [5.74, 6) is -1.33. The first-order valence-corrected chi connectivity index (χ1v) is 19.6. The molecule has 1 unspecified atom stereocenters. The van der Waals surface area contributed by atoms with Crippen LogP contribution in [0.3, 0.4) is 0 Å². The first kappa shape index (κ1) is 44.6. The van der Waals surface area contributed by atoms with Crippen molar-refractivity contribution in [1.29, 1.82) is 0 Å². The number of hydrogen-bond donors (Lipinski definition) is 2. The summed E-state index contributed by atoms with van der Waals surface area (Å²) in [6.07, 6.45) is 44.1. The second-order valence-corrected chi connectivity index (χ2v) is 13.2. The van der Waals surface area contributed by atoms with Crippen LogP contribution in [-0.2, 0) is 19.1 Å². The summed E-state index contributed by atoms with van der Waals surface area (Å²) in [6, 6.07) is 0. The van der Waals surface area contributed by atoms with Gasteiger partial charge in [0.25, 0.3) is 0 Å². The SMILES string of the molecule is CCCCC/C=C\C/C=C\CCCCCCCCCC(=O)OC(/C=C\CCCCCCCCC)CCCCCCC(=O)NCC(=O)O. The highest BCUT2D eigenvalue weighted by molar-refractivity contribution is 5.80. The molecule has 2 N–H and O–H groups in total. The minimum Gasteiger partial charge on any atom is -0.480 e. The lowest BCUT2D eigenvalue weighted by atomic mass is 10.1. The van der Waals surface area contributed by atoms with Gasteiger partial charge in [0.05, 0.1) is 0 Å². The highest BCUT2D eigenvalue weighted by Gasteiger charge is 2.12. The van der Waals surface area contributed by atoms with Gasteiger partial charge in [-0.25, -0.2) is 0 Å². The Balaban J connectivity index is 4.15. The fraction of sp³-hybridized carbons (Fsp3) is 0.780. The minimum atomic E-state index is -1.03. The number of nitrogens with one attached hydrogen (secondary N) is 1. The van der Waals surface area contributed by atoms with Crippen molar-refractivity contribution in [3.05, 3.63) is 36.5 Å². The molecular formula is C41H73NO5. The average Bonchev–Trinajstić information content (AvgIpc) is 3.05. The fourth-order valence-corrected chi connectivity index (χ4v) is 5.57. The van der Waals surface area contributed by atoms with Crippen LogP contribution in [-0.4, -0.2) is 35.6 Å². The van der Waals surface area contributed by atoms with Gasteiger partial charge in [-0.05, 0) is 76.7 Å². The van der Waals surface area contributed by atoms with Gasteiger partial charge < -0.3 is 15.2 Å². The Morgan fingerprint density at radius 1 is 0.574 bits per heavy atom. The summed E-state index contributed by atoms with van der Waals surface area (Å²) in [5, 5.41) is 11.1. The van der Waals surface area contributed by atoms with Crippen molar-refractivity contribution in [2.45, 2.75) is 200 Å². The molecule has 0 saturated heterocycles. The van der Waals surface area contributed by atoms with Crippen molar-refractivity contribution in [2.24, 2.45) is 0 Å². The smallest absolute Gasteiger partial charge is 0.322 e. The third-order valence-corrected chi connectivity index (χ3v) is 8.52. The fourth-order valence-electron chi connectivity index (χ4n) is 5.57. The van der Waals surface area contributed by atoms with E-state index >= 15 is 0 Å². The van der Waals surface area contributed by atoms with Crippen LogP contribution in [0.5, 0.6) is 0 Å². The van der Waals surface area contributed by atoms with Crippen LogP contribution in [0.15, 0.2) is 36.5 Å². The third kappa shape index (κ3) is 36.3. The van der Waals surface area contributed by atoms with Crippen LogP contribution >= 0.6 is 0 Å². The molecule has 0 aromatic rings. The first-order valence-electron chi connectivity index (χ1n) is 19.6. The molecule has 1 atom stereocenters. The van der Waals surface area contributed by atoms with E-state index in [1.54, 1.807) is 0 Å². The van der Waals surface area contributed by atoms with Crippen molar-refractivity contribution < 1.29 is 24.2 Å². The van der Waals surface area contributed by atoms with E-state index in [0.29, 0.717) is 12.8 Å². The van der Waals surface area contributed by atoms with Crippen LogP contribution in [0.25, 0.3) is 0 Å². The van der Waals surface area contributed by atoms with Gasteiger partial charge in [-0.15, -0.1) is 0 Å². The molecule has 0 radical (unpaired) electrons. The van der Waals surface area contributed by atoms with Crippen LogP contribution in [0.1, 0.15) is 194 Å². The number of hydrogen-bond acceptors (Lipinski definition) is 4. The number of carboxylic acids is 1. The molecule has 0 rings (SSSR count). The highest BCUT2D eigenvalue weighted by atomic mass is 16.5. The van der Waals surface area contributed by atoms with Gasteiger partial charge in [0.15, 0.2) is 0 Å². The number of carboxylic acid groups (broad SMARTS) is 1. The van der Waals surface area contributed by atoms with E-state index in [0.717, 1.165) is 57.8 Å². The van der Waals surface area contributed by atoms with Gasteiger partial charge in [-0.2, -0.15) is 0 Å². The first-order chi connectivity index (χ1) is 23.0. The molecule has 0 heterocycles. The van der Waals surface area contributed by atoms with E-state index in [9.17, 15) is 14.4 Å². The van der Waals surface area contributed by atoms with Crippen molar-refractivity contribution in [3.8, 4) is 0 Å². The molecule has 0 bridgehead atoms. The summed E-state index contributed by atoms with van der Waals surface area (Å²) in [4.78, 5) is 34.9. The maximum absolute atomic E-state index is 12.6. The van der Waals surface area contributed by atoms with Crippen molar-refractivity contribution in [2.75, 3.05) is 6.54 Å². The van der Waals surface area contributed by atoms with Crippen molar-refractivity contribution in [3.63, 3.8) is 0 Å². The Morgan fingerprint density at radius 3 is 1.64 bits per heavy atom. The van der Waals surface area contributed by atoms with E-state index in [4.69, 9.17) is 9.84 Å². The van der Waals surface area contributed by atoms with Crippen molar-refractivity contribution in [1.82, 2.24) is 5.32 Å². The number of allylic oxidation sites excluding steroid dienone is 5.